The minimum atomic E-state index is -3.75. The van der Waals surface area contributed by atoms with Crippen LogP contribution in [0.3, 0.4) is 0 Å². The second kappa shape index (κ2) is 8.85. The van der Waals surface area contributed by atoms with Crippen molar-refractivity contribution in [2.75, 3.05) is 20.8 Å². The molecule has 0 saturated heterocycles. The number of hydrogen-bond donors (Lipinski definition) is 0. The lowest BCUT2D eigenvalue weighted by molar-refractivity contribution is 0.336. The highest BCUT2D eigenvalue weighted by molar-refractivity contribution is 7.89. The fraction of sp³-hybridized carbons (Fsp3) is 0.333. The number of aromatic nitrogens is 2. The van der Waals surface area contributed by atoms with Crippen LogP contribution in [0.1, 0.15) is 23.9 Å². The van der Waals surface area contributed by atoms with E-state index in [1.807, 2.05) is 31.2 Å². The summed E-state index contributed by atoms with van der Waals surface area (Å²) in [5.74, 6) is 1.98. The molecule has 0 aliphatic rings. The number of sulfonamides is 1. The molecule has 0 unspecified atom stereocenters. The molecule has 9 heteroatoms. The molecule has 0 aliphatic heterocycles. The van der Waals surface area contributed by atoms with Crippen molar-refractivity contribution in [2.45, 2.75) is 32.2 Å². The zero-order valence-electron chi connectivity index (χ0n) is 17.7. The van der Waals surface area contributed by atoms with E-state index in [1.54, 1.807) is 33.1 Å². The number of hydrogen-bond acceptors (Lipinski definition) is 7. The summed E-state index contributed by atoms with van der Waals surface area (Å²) in [7, 11) is -0.713. The summed E-state index contributed by atoms with van der Waals surface area (Å²) >= 11 is 0. The molecule has 0 bridgehead atoms. The van der Waals surface area contributed by atoms with Gasteiger partial charge in [0, 0.05) is 12.6 Å². The van der Waals surface area contributed by atoms with Gasteiger partial charge >= 0.3 is 0 Å². The SMILES string of the molecule is CCOc1ccc(-c2noc(CN(C)S(=O)(=O)c3cc(C)c(OC)cc3C)n2)cc1. The lowest BCUT2D eigenvalue weighted by Crippen LogP contribution is -2.27. The van der Waals surface area contributed by atoms with Gasteiger partial charge in [-0.3, -0.25) is 0 Å². The number of ether oxygens (including phenoxy) is 2. The van der Waals surface area contributed by atoms with E-state index in [1.165, 1.54) is 11.4 Å². The number of rotatable bonds is 8. The van der Waals surface area contributed by atoms with E-state index in [2.05, 4.69) is 10.1 Å². The van der Waals surface area contributed by atoms with Crippen molar-refractivity contribution in [3.63, 3.8) is 0 Å². The summed E-state index contributed by atoms with van der Waals surface area (Å²) in [6, 6.07) is 10.6. The molecule has 160 valence electrons. The van der Waals surface area contributed by atoms with Crippen LogP contribution < -0.4 is 9.47 Å². The normalized spacial score (nSPS) is 11.7. The van der Waals surface area contributed by atoms with Gasteiger partial charge in [0.05, 0.1) is 25.2 Å². The Labute approximate surface area is 176 Å². The Bertz CT molecular complexity index is 1120. The molecule has 0 aliphatic carbocycles. The molecule has 0 amide bonds. The van der Waals surface area contributed by atoms with E-state index in [0.717, 1.165) is 16.9 Å². The van der Waals surface area contributed by atoms with Gasteiger partial charge in [-0.25, -0.2) is 8.42 Å². The fourth-order valence-electron chi connectivity index (χ4n) is 3.01. The molecular formula is C21H25N3O5S. The molecule has 0 atom stereocenters. The zero-order chi connectivity index (χ0) is 21.9. The highest BCUT2D eigenvalue weighted by Crippen LogP contribution is 2.28. The van der Waals surface area contributed by atoms with Crippen LogP contribution in [-0.4, -0.2) is 43.6 Å². The van der Waals surface area contributed by atoms with Gasteiger partial charge in [-0.2, -0.15) is 9.29 Å². The molecule has 30 heavy (non-hydrogen) atoms. The summed E-state index contributed by atoms with van der Waals surface area (Å²) in [4.78, 5) is 4.54. The van der Waals surface area contributed by atoms with Crippen LogP contribution >= 0.6 is 0 Å². The van der Waals surface area contributed by atoms with E-state index in [0.29, 0.717) is 23.7 Å². The Hall–Kier alpha value is -2.91. The third-order valence-electron chi connectivity index (χ3n) is 4.63. The molecule has 1 heterocycles. The van der Waals surface area contributed by atoms with Crippen LogP contribution in [0.4, 0.5) is 0 Å². The number of methoxy groups -OCH3 is 1. The van der Waals surface area contributed by atoms with E-state index in [-0.39, 0.29) is 17.3 Å². The topological polar surface area (TPSA) is 94.8 Å². The molecule has 0 radical (unpaired) electrons. The van der Waals surface area contributed by atoms with E-state index in [4.69, 9.17) is 14.0 Å². The summed E-state index contributed by atoms with van der Waals surface area (Å²) < 4.78 is 43.3. The Kier molecular flexibility index (Phi) is 6.42. The zero-order valence-corrected chi connectivity index (χ0v) is 18.5. The van der Waals surface area contributed by atoms with Gasteiger partial charge in [0.1, 0.15) is 11.5 Å². The van der Waals surface area contributed by atoms with Gasteiger partial charge in [-0.05, 0) is 68.3 Å². The van der Waals surface area contributed by atoms with E-state index < -0.39 is 10.0 Å². The molecule has 8 nitrogen and oxygen atoms in total. The second-order valence-corrected chi connectivity index (χ2v) is 8.83. The van der Waals surface area contributed by atoms with Crippen molar-refractivity contribution in [3.05, 3.63) is 53.4 Å². The van der Waals surface area contributed by atoms with Gasteiger partial charge < -0.3 is 14.0 Å². The molecule has 0 spiro atoms. The standard InChI is InChI=1S/C21H25N3O5S/c1-6-28-17-9-7-16(8-10-17)21-22-20(29-23-21)13-24(4)30(25,26)19-12-14(2)18(27-5)11-15(19)3/h7-12H,6,13H2,1-5H3. The first kappa shape index (κ1) is 21.8. The highest BCUT2D eigenvalue weighted by Gasteiger charge is 2.26. The lowest BCUT2D eigenvalue weighted by Gasteiger charge is -2.18. The Morgan fingerprint density at radius 1 is 1.10 bits per heavy atom. The quantitative estimate of drug-likeness (QED) is 0.538. The Balaban J connectivity index is 1.79. The first-order chi connectivity index (χ1) is 14.3. The van der Waals surface area contributed by atoms with Crippen LogP contribution in [-0.2, 0) is 16.6 Å². The van der Waals surface area contributed by atoms with Crippen molar-refractivity contribution >= 4 is 10.0 Å². The third-order valence-corrected chi connectivity index (χ3v) is 6.58. The molecule has 0 fully saturated rings. The summed E-state index contributed by atoms with van der Waals surface area (Å²) in [5, 5.41) is 3.96. The highest BCUT2D eigenvalue weighted by atomic mass is 32.2. The lowest BCUT2D eigenvalue weighted by atomic mass is 10.1. The van der Waals surface area contributed by atoms with Crippen LogP contribution in [0.2, 0.25) is 0 Å². The maximum Gasteiger partial charge on any atom is 0.243 e. The predicted molar refractivity (Wildman–Crippen MR) is 112 cm³/mol. The molecule has 1 aromatic heterocycles. The largest absolute Gasteiger partial charge is 0.496 e. The van der Waals surface area contributed by atoms with Gasteiger partial charge in [-0.1, -0.05) is 5.16 Å². The van der Waals surface area contributed by atoms with Crippen LogP contribution in [0, 0.1) is 13.8 Å². The molecule has 0 saturated carbocycles. The van der Waals surface area contributed by atoms with Crippen molar-refractivity contribution in [2.24, 2.45) is 0 Å². The maximum atomic E-state index is 13.1. The van der Waals surface area contributed by atoms with Crippen LogP contribution in [0.15, 0.2) is 45.8 Å². The van der Waals surface area contributed by atoms with E-state index in [9.17, 15) is 8.42 Å². The number of benzene rings is 2. The number of nitrogens with zero attached hydrogens (tertiary/aromatic N) is 3. The molecular weight excluding hydrogens is 406 g/mol. The summed E-state index contributed by atoms with van der Waals surface area (Å²) in [6.07, 6.45) is 0. The first-order valence-corrected chi connectivity index (χ1v) is 10.9. The van der Waals surface area contributed by atoms with Crippen LogP contribution in [0.5, 0.6) is 11.5 Å². The van der Waals surface area contributed by atoms with Crippen LogP contribution in [0.25, 0.3) is 11.4 Å². The maximum absolute atomic E-state index is 13.1. The van der Waals surface area contributed by atoms with Gasteiger partial charge in [0.2, 0.25) is 21.7 Å². The second-order valence-electron chi connectivity index (χ2n) is 6.82. The Morgan fingerprint density at radius 3 is 2.43 bits per heavy atom. The van der Waals surface area contributed by atoms with Crippen molar-refractivity contribution < 1.29 is 22.4 Å². The summed E-state index contributed by atoms with van der Waals surface area (Å²) in [5.41, 5.74) is 2.09. The first-order valence-electron chi connectivity index (χ1n) is 9.43. The Morgan fingerprint density at radius 2 is 1.80 bits per heavy atom. The van der Waals surface area contributed by atoms with Gasteiger partial charge in [-0.15, -0.1) is 0 Å². The average Bonchev–Trinajstić information content (AvgIpc) is 3.18. The fourth-order valence-corrected chi connectivity index (χ4v) is 4.42. The molecule has 3 aromatic rings. The van der Waals surface area contributed by atoms with Crippen molar-refractivity contribution in [3.8, 4) is 22.9 Å². The minimum absolute atomic E-state index is 0.0448. The number of aryl methyl sites for hydroxylation is 2. The van der Waals surface area contributed by atoms with Gasteiger partial charge in [0.15, 0.2) is 0 Å². The van der Waals surface area contributed by atoms with E-state index >= 15 is 0 Å². The molecule has 0 N–H and O–H groups in total. The summed E-state index contributed by atoms with van der Waals surface area (Å²) in [6.45, 7) is 5.99. The smallest absolute Gasteiger partial charge is 0.243 e. The third kappa shape index (κ3) is 4.47. The minimum Gasteiger partial charge on any atom is -0.496 e. The van der Waals surface area contributed by atoms with Crippen molar-refractivity contribution in [1.82, 2.24) is 14.4 Å². The van der Waals surface area contributed by atoms with Crippen molar-refractivity contribution in [1.29, 1.82) is 0 Å². The van der Waals surface area contributed by atoms with Gasteiger partial charge in [0.25, 0.3) is 0 Å². The molecule has 3 rings (SSSR count). The average molecular weight is 432 g/mol. The monoisotopic (exact) mass is 431 g/mol. The molecule has 2 aromatic carbocycles. The predicted octanol–water partition coefficient (Wildman–Crippen LogP) is 3.58.